The van der Waals surface area contributed by atoms with Crippen LogP contribution >= 0.6 is 35.6 Å². The third kappa shape index (κ3) is 8.98. The number of rotatable bonds is 11. The Hall–Kier alpha value is -4.09. The molecule has 1 aromatic heterocycles. The molecule has 4 rings (SSSR count). The predicted molar refractivity (Wildman–Crippen MR) is 180 cm³/mol. The van der Waals surface area contributed by atoms with Gasteiger partial charge in [-0.1, -0.05) is 47.5 Å². The largest absolute Gasteiger partial charge is 0.487 e. The average Bonchev–Trinajstić information content (AvgIpc) is 3.02. The molecule has 238 valence electrons. The van der Waals surface area contributed by atoms with Crippen LogP contribution in [0.15, 0.2) is 66.7 Å². The van der Waals surface area contributed by atoms with Crippen LogP contribution in [0.1, 0.15) is 21.6 Å². The first-order valence-corrected chi connectivity index (χ1v) is 14.5. The average molecular weight is 675 g/mol. The van der Waals surface area contributed by atoms with E-state index in [1.807, 2.05) is 37.3 Å². The fraction of sp³-hybridized carbons (Fsp3) is 0.250. The Morgan fingerprint density at radius 3 is 2.49 bits per heavy atom. The smallest absolute Gasteiger partial charge is 0.319 e. The predicted octanol–water partition coefficient (Wildman–Crippen LogP) is 6.35. The highest BCUT2D eigenvalue weighted by molar-refractivity contribution is 6.38. The molecule has 4 aromatic rings. The highest BCUT2D eigenvalue weighted by Gasteiger charge is 2.20. The molecule has 3 aromatic carbocycles. The Morgan fingerprint density at radius 2 is 1.73 bits per heavy atom. The van der Waals surface area contributed by atoms with Gasteiger partial charge in [0, 0.05) is 60.7 Å². The second-order valence-electron chi connectivity index (χ2n) is 9.99. The van der Waals surface area contributed by atoms with Crippen LogP contribution in [0, 0.1) is 6.92 Å². The minimum absolute atomic E-state index is 0. The first-order chi connectivity index (χ1) is 21.1. The van der Waals surface area contributed by atoms with E-state index in [1.54, 1.807) is 57.6 Å². The highest BCUT2D eigenvalue weighted by Crippen LogP contribution is 2.35. The molecule has 0 spiro atoms. The van der Waals surface area contributed by atoms with Gasteiger partial charge >= 0.3 is 6.03 Å². The number of urea groups is 1. The molecule has 0 aliphatic carbocycles. The zero-order valence-electron chi connectivity index (χ0n) is 25.2. The van der Waals surface area contributed by atoms with Gasteiger partial charge in [-0.05, 0) is 49.4 Å². The molecule has 0 aliphatic heterocycles. The van der Waals surface area contributed by atoms with Crippen LogP contribution < -0.4 is 20.3 Å². The van der Waals surface area contributed by atoms with Crippen molar-refractivity contribution in [2.45, 2.75) is 13.5 Å². The van der Waals surface area contributed by atoms with Crippen molar-refractivity contribution < 1.29 is 23.9 Å². The molecule has 0 saturated carbocycles. The number of likely N-dealkylation sites (N-methyl/N-ethyl adjacent to an activating group) is 2. The van der Waals surface area contributed by atoms with E-state index in [9.17, 15) is 14.4 Å². The number of carbonyl (C=O) groups excluding carboxylic acids is 3. The van der Waals surface area contributed by atoms with Crippen molar-refractivity contribution in [2.24, 2.45) is 0 Å². The van der Waals surface area contributed by atoms with Crippen LogP contribution in [0.3, 0.4) is 0 Å². The molecule has 0 radical (unpaired) electrons. The second kappa shape index (κ2) is 16.3. The minimum atomic E-state index is -0.612. The van der Waals surface area contributed by atoms with Gasteiger partial charge in [-0.15, -0.1) is 12.4 Å². The van der Waals surface area contributed by atoms with Gasteiger partial charge in [0.2, 0.25) is 5.91 Å². The third-order valence-electron chi connectivity index (χ3n) is 6.84. The van der Waals surface area contributed by atoms with Gasteiger partial charge < -0.3 is 29.9 Å². The number of amides is 4. The summed E-state index contributed by atoms with van der Waals surface area (Å²) >= 11 is 13.2. The van der Waals surface area contributed by atoms with E-state index in [-0.39, 0.29) is 36.5 Å². The molecule has 0 fully saturated rings. The summed E-state index contributed by atoms with van der Waals surface area (Å²) in [6, 6.07) is 18.7. The number of hydrogen-bond acceptors (Lipinski definition) is 6. The molecule has 0 unspecified atom stereocenters. The van der Waals surface area contributed by atoms with Gasteiger partial charge in [-0.2, -0.15) is 0 Å². The van der Waals surface area contributed by atoms with Crippen molar-refractivity contribution in [3.05, 3.63) is 93.6 Å². The molecular formula is C32H34Cl3N5O5. The van der Waals surface area contributed by atoms with Gasteiger partial charge in [0.15, 0.2) is 0 Å². The number of nitrogens with one attached hydrogen (secondary N) is 2. The van der Waals surface area contributed by atoms with E-state index in [0.29, 0.717) is 46.4 Å². The van der Waals surface area contributed by atoms with Crippen molar-refractivity contribution in [3.63, 3.8) is 0 Å². The maximum atomic E-state index is 13.0. The van der Waals surface area contributed by atoms with Crippen molar-refractivity contribution in [1.82, 2.24) is 15.2 Å². The molecule has 1 heterocycles. The molecule has 13 heteroatoms. The zero-order chi connectivity index (χ0) is 31.8. The first-order valence-electron chi connectivity index (χ1n) is 13.7. The van der Waals surface area contributed by atoms with Gasteiger partial charge in [-0.25, -0.2) is 9.78 Å². The number of aryl methyl sites for hydroxylation is 1. The first kappa shape index (κ1) is 35.4. The minimum Gasteiger partial charge on any atom is -0.487 e. The Morgan fingerprint density at radius 1 is 0.978 bits per heavy atom. The number of ether oxygens (including phenoxy) is 2. The molecule has 10 nitrogen and oxygen atoms in total. The summed E-state index contributed by atoms with van der Waals surface area (Å²) in [4.78, 5) is 45.6. The molecule has 0 atom stereocenters. The SMILES string of the molecule is COCCN(C)C(=O)c1cccc(NC(=O)NCC(=O)N(C)c2ccc(Cl)c(COc3cccc4ccc(C)nc34)c2Cl)c1.Cl. The van der Waals surface area contributed by atoms with Gasteiger partial charge in [0.1, 0.15) is 17.9 Å². The number of anilines is 2. The Balaban J connectivity index is 0.00000552. The van der Waals surface area contributed by atoms with Crippen LogP contribution in [0.4, 0.5) is 16.2 Å². The van der Waals surface area contributed by atoms with Gasteiger partial charge in [0.05, 0.1) is 23.9 Å². The highest BCUT2D eigenvalue weighted by atomic mass is 35.5. The molecule has 2 N–H and O–H groups in total. The molecular weight excluding hydrogens is 641 g/mol. The standard InChI is InChI=1S/C32H33Cl2N5O5.ClH/c1-20-11-12-21-7-6-10-27(30(21)36-20)44-19-24-25(33)13-14-26(29(24)34)39(3)28(40)18-35-32(42)37-23-9-5-8-22(17-23)31(41)38(2)15-16-43-4;/h5-14,17H,15-16,18-19H2,1-4H3,(H2,35,37,42);1H. The number of benzene rings is 3. The zero-order valence-corrected chi connectivity index (χ0v) is 27.6. The van der Waals surface area contributed by atoms with Crippen LogP contribution in [-0.4, -0.2) is 68.6 Å². The number of aromatic nitrogens is 1. The van der Waals surface area contributed by atoms with Crippen molar-refractivity contribution in [3.8, 4) is 5.75 Å². The van der Waals surface area contributed by atoms with E-state index < -0.39 is 11.9 Å². The van der Waals surface area contributed by atoms with Gasteiger partial charge in [0.25, 0.3) is 5.91 Å². The van der Waals surface area contributed by atoms with Crippen molar-refractivity contribution in [2.75, 3.05) is 51.1 Å². The summed E-state index contributed by atoms with van der Waals surface area (Å²) in [6.45, 7) is 2.48. The Labute approximate surface area is 278 Å². The summed E-state index contributed by atoms with van der Waals surface area (Å²) in [5.41, 5.74) is 3.29. The third-order valence-corrected chi connectivity index (χ3v) is 7.62. The summed E-state index contributed by atoms with van der Waals surface area (Å²) < 4.78 is 11.1. The molecule has 0 aliphatic rings. The topological polar surface area (TPSA) is 113 Å². The van der Waals surface area contributed by atoms with E-state index in [4.69, 9.17) is 32.7 Å². The summed E-state index contributed by atoms with van der Waals surface area (Å²) in [5, 5.41) is 6.76. The number of nitrogens with zero attached hydrogens (tertiary/aromatic N) is 3. The molecule has 45 heavy (non-hydrogen) atoms. The van der Waals surface area contributed by atoms with Crippen LogP contribution in [0.5, 0.6) is 5.75 Å². The summed E-state index contributed by atoms with van der Waals surface area (Å²) in [7, 11) is 4.78. The fourth-order valence-corrected chi connectivity index (χ4v) is 4.93. The lowest BCUT2D eigenvalue weighted by molar-refractivity contribution is -0.117. The molecule has 0 saturated heterocycles. The number of hydrogen-bond donors (Lipinski definition) is 2. The Bertz CT molecular complexity index is 1690. The maximum Gasteiger partial charge on any atom is 0.319 e. The maximum absolute atomic E-state index is 13.0. The van der Waals surface area contributed by atoms with E-state index >= 15 is 0 Å². The Kier molecular flexibility index (Phi) is 12.8. The van der Waals surface area contributed by atoms with Crippen molar-refractivity contribution in [1.29, 1.82) is 0 Å². The number of pyridine rings is 1. The van der Waals surface area contributed by atoms with Crippen molar-refractivity contribution >= 4 is 75.7 Å². The van der Waals surface area contributed by atoms with E-state index in [0.717, 1.165) is 16.6 Å². The second-order valence-corrected chi connectivity index (χ2v) is 10.8. The monoisotopic (exact) mass is 673 g/mol. The number of para-hydroxylation sites is 1. The quantitative estimate of drug-likeness (QED) is 0.192. The lowest BCUT2D eigenvalue weighted by Gasteiger charge is -2.21. The number of fused-ring (bicyclic) bond motifs is 1. The number of methoxy groups -OCH3 is 1. The van der Waals surface area contributed by atoms with Crippen LogP contribution in [-0.2, 0) is 16.1 Å². The summed E-state index contributed by atoms with van der Waals surface area (Å²) in [5.74, 6) is -0.0542. The lowest BCUT2D eigenvalue weighted by Crippen LogP contribution is -2.40. The summed E-state index contributed by atoms with van der Waals surface area (Å²) in [6.07, 6.45) is 0. The normalized spacial score (nSPS) is 10.5. The van der Waals surface area contributed by atoms with E-state index in [1.165, 1.54) is 9.80 Å². The van der Waals surface area contributed by atoms with Crippen LogP contribution in [0.2, 0.25) is 10.0 Å². The molecule has 4 amide bonds. The van der Waals surface area contributed by atoms with Gasteiger partial charge in [-0.3, -0.25) is 9.59 Å². The fourth-order valence-electron chi connectivity index (χ4n) is 4.32. The number of halogens is 3. The lowest BCUT2D eigenvalue weighted by atomic mass is 10.1. The van der Waals surface area contributed by atoms with Crippen LogP contribution in [0.25, 0.3) is 10.9 Å². The number of carbonyl (C=O) groups is 3. The van der Waals surface area contributed by atoms with E-state index in [2.05, 4.69) is 15.6 Å². The molecule has 0 bridgehead atoms.